The van der Waals surface area contributed by atoms with Crippen LogP contribution in [0.25, 0.3) is 0 Å². The number of nitrogens with one attached hydrogen (secondary N) is 1. The number of aryl methyl sites for hydroxylation is 2. The van der Waals surface area contributed by atoms with Crippen molar-refractivity contribution in [3.63, 3.8) is 0 Å². The van der Waals surface area contributed by atoms with Gasteiger partial charge in [-0.25, -0.2) is 4.79 Å². The molecule has 1 aromatic rings. The van der Waals surface area contributed by atoms with Crippen LogP contribution in [0.4, 0.5) is 16.2 Å². The molecule has 7 nitrogen and oxygen atoms in total. The van der Waals surface area contributed by atoms with Crippen molar-refractivity contribution in [3.8, 4) is 0 Å². The fraction of sp³-hybridized carbons (Fsp3) is 0.500. The minimum absolute atomic E-state index is 0.0176. The van der Waals surface area contributed by atoms with Crippen molar-refractivity contribution in [2.45, 2.75) is 32.7 Å². The van der Waals surface area contributed by atoms with Crippen molar-refractivity contribution in [2.24, 2.45) is 0 Å². The molecular weight excluding hydrogens is 274 g/mol. The molecule has 1 aliphatic heterocycles. The topological polar surface area (TPSA) is 95.7 Å². The number of carbonyl (C=O) groups is 1. The van der Waals surface area contributed by atoms with Gasteiger partial charge in [0.1, 0.15) is 0 Å². The monoisotopic (exact) mass is 293 g/mol. The van der Waals surface area contributed by atoms with E-state index in [-0.39, 0.29) is 24.4 Å². The maximum atomic E-state index is 12.2. The van der Waals surface area contributed by atoms with Crippen molar-refractivity contribution in [1.29, 1.82) is 0 Å². The maximum Gasteiger partial charge on any atom is 0.322 e. The van der Waals surface area contributed by atoms with Gasteiger partial charge in [-0.15, -0.1) is 0 Å². The highest BCUT2D eigenvalue weighted by molar-refractivity contribution is 5.91. The molecule has 0 saturated carbocycles. The smallest absolute Gasteiger partial charge is 0.322 e. The Morgan fingerprint density at radius 3 is 2.81 bits per heavy atom. The fourth-order valence-electron chi connectivity index (χ4n) is 2.65. The van der Waals surface area contributed by atoms with Crippen LogP contribution in [0.15, 0.2) is 12.1 Å². The summed E-state index contributed by atoms with van der Waals surface area (Å²) in [7, 11) is 0. The zero-order chi connectivity index (χ0) is 15.6. The third kappa shape index (κ3) is 3.13. The average Bonchev–Trinajstić information content (AvgIpc) is 2.89. The lowest BCUT2D eigenvalue weighted by atomic mass is 10.1. The minimum atomic E-state index is -0.461. The molecule has 7 heteroatoms. The van der Waals surface area contributed by atoms with Crippen LogP contribution < -0.4 is 5.32 Å². The van der Waals surface area contributed by atoms with Crippen molar-refractivity contribution < 1.29 is 14.8 Å². The van der Waals surface area contributed by atoms with Gasteiger partial charge in [0.2, 0.25) is 0 Å². The van der Waals surface area contributed by atoms with E-state index < -0.39 is 4.92 Å². The van der Waals surface area contributed by atoms with Crippen molar-refractivity contribution in [3.05, 3.63) is 33.4 Å². The number of carbonyl (C=O) groups excluding carboxylic acids is 1. The lowest BCUT2D eigenvalue weighted by Crippen LogP contribution is -2.40. The molecule has 2 N–H and O–H groups in total. The Labute approximate surface area is 122 Å². The predicted molar refractivity (Wildman–Crippen MR) is 78.4 cm³/mol. The quantitative estimate of drug-likeness (QED) is 0.659. The first-order valence-electron chi connectivity index (χ1n) is 6.88. The number of nitro benzene ring substituents is 1. The summed E-state index contributed by atoms with van der Waals surface area (Å²) in [6.07, 6.45) is 1.63. The van der Waals surface area contributed by atoms with Crippen LogP contribution in [0, 0.1) is 24.0 Å². The molecule has 1 aromatic carbocycles. The van der Waals surface area contributed by atoms with Gasteiger partial charge in [-0.3, -0.25) is 10.1 Å². The predicted octanol–water partition coefficient (Wildman–Crippen LogP) is 2.20. The summed E-state index contributed by atoms with van der Waals surface area (Å²) in [6, 6.07) is 2.56. The molecule has 2 rings (SSSR count). The molecule has 114 valence electrons. The van der Waals surface area contributed by atoms with E-state index in [0.717, 1.165) is 18.4 Å². The van der Waals surface area contributed by atoms with E-state index in [0.29, 0.717) is 17.8 Å². The Kier molecular flexibility index (Phi) is 4.42. The number of likely N-dealkylation sites (tertiary alicyclic amines) is 1. The summed E-state index contributed by atoms with van der Waals surface area (Å²) in [5.74, 6) is 0. The second kappa shape index (κ2) is 6.09. The number of nitrogens with zero attached hydrogens (tertiary/aromatic N) is 2. The Hall–Kier alpha value is -2.15. The SMILES string of the molecule is Cc1cc(C)c([N+](=O)[O-])cc1NC(=O)N1CCC[C@@H]1CO. The van der Waals surface area contributed by atoms with E-state index in [1.165, 1.54) is 6.07 Å². The standard InChI is InChI=1S/C14H19N3O4/c1-9-6-10(2)13(17(20)21)7-12(9)15-14(19)16-5-3-4-11(16)8-18/h6-7,11,18H,3-5,8H2,1-2H3,(H,15,19)/t11-/m1/s1. The van der Waals surface area contributed by atoms with Crippen LogP contribution in [0.1, 0.15) is 24.0 Å². The number of aliphatic hydroxyl groups excluding tert-OH is 1. The molecule has 1 fully saturated rings. The van der Waals surface area contributed by atoms with Gasteiger partial charge in [0.25, 0.3) is 5.69 Å². The number of urea groups is 1. The minimum Gasteiger partial charge on any atom is -0.394 e. The van der Waals surface area contributed by atoms with E-state index in [4.69, 9.17) is 0 Å². The first kappa shape index (κ1) is 15.2. The van der Waals surface area contributed by atoms with E-state index in [9.17, 15) is 20.0 Å². The average molecular weight is 293 g/mol. The van der Waals surface area contributed by atoms with Crippen molar-refractivity contribution in [2.75, 3.05) is 18.5 Å². The van der Waals surface area contributed by atoms with Gasteiger partial charge in [0.15, 0.2) is 0 Å². The number of hydrogen-bond donors (Lipinski definition) is 2. The van der Waals surface area contributed by atoms with Gasteiger partial charge < -0.3 is 15.3 Å². The third-order valence-corrected chi connectivity index (χ3v) is 3.83. The van der Waals surface area contributed by atoms with E-state index in [1.54, 1.807) is 24.8 Å². The van der Waals surface area contributed by atoms with Crippen LogP contribution in [0.3, 0.4) is 0 Å². The molecule has 1 saturated heterocycles. The Morgan fingerprint density at radius 1 is 1.48 bits per heavy atom. The van der Waals surface area contributed by atoms with Crippen molar-refractivity contribution >= 4 is 17.4 Å². The molecule has 2 amide bonds. The van der Waals surface area contributed by atoms with Crippen LogP contribution in [0.5, 0.6) is 0 Å². The molecule has 0 bridgehead atoms. The summed E-state index contributed by atoms with van der Waals surface area (Å²) < 4.78 is 0. The largest absolute Gasteiger partial charge is 0.394 e. The number of anilines is 1. The zero-order valence-corrected chi connectivity index (χ0v) is 12.1. The number of nitro groups is 1. The highest BCUT2D eigenvalue weighted by atomic mass is 16.6. The van der Waals surface area contributed by atoms with Crippen LogP contribution in [-0.2, 0) is 0 Å². The summed E-state index contributed by atoms with van der Waals surface area (Å²) in [6.45, 7) is 3.98. The van der Waals surface area contributed by atoms with Gasteiger partial charge in [-0.2, -0.15) is 0 Å². The van der Waals surface area contributed by atoms with Gasteiger partial charge in [0.05, 0.1) is 23.3 Å². The molecule has 1 heterocycles. The molecule has 0 unspecified atom stereocenters. The molecule has 1 atom stereocenters. The third-order valence-electron chi connectivity index (χ3n) is 3.83. The number of aliphatic hydroxyl groups is 1. The zero-order valence-electron chi connectivity index (χ0n) is 12.1. The number of hydrogen-bond acceptors (Lipinski definition) is 4. The molecule has 0 radical (unpaired) electrons. The second-order valence-electron chi connectivity index (χ2n) is 5.31. The van der Waals surface area contributed by atoms with Gasteiger partial charge in [-0.1, -0.05) is 0 Å². The summed E-state index contributed by atoms with van der Waals surface area (Å²) >= 11 is 0. The molecule has 21 heavy (non-hydrogen) atoms. The highest BCUT2D eigenvalue weighted by Crippen LogP contribution is 2.27. The lowest BCUT2D eigenvalue weighted by Gasteiger charge is -2.23. The summed E-state index contributed by atoms with van der Waals surface area (Å²) in [5, 5.41) is 22.9. The number of rotatable bonds is 3. The molecule has 1 aliphatic rings. The molecular formula is C14H19N3O4. The first-order chi connectivity index (χ1) is 9.93. The maximum absolute atomic E-state index is 12.2. The fourth-order valence-corrected chi connectivity index (χ4v) is 2.65. The summed E-state index contributed by atoms with van der Waals surface area (Å²) in [5.41, 5.74) is 1.74. The summed E-state index contributed by atoms with van der Waals surface area (Å²) in [4.78, 5) is 24.3. The van der Waals surface area contributed by atoms with Crippen LogP contribution in [-0.4, -0.2) is 40.2 Å². The Morgan fingerprint density at radius 2 is 2.19 bits per heavy atom. The lowest BCUT2D eigenvalue weighted by molar-refractivity contribution is -0.385. The molecule has 0 spiro atoms. The van der Waals surface area contributed by atoms with Gasteiger partial charge in [0, 0.05) is 18.2 Å². The van der Waals surface area contributed by atoms with Gasteiger partial charge >= 0.3 is 6.03 Å². The highest BCUT2D eigenvalue weighted by Gasteiger charge is 2.28. The second-order valence-corrected chi connectivity index (χ2v) is 5.31. The normalized spacial score (nSPS) is 17.9. The molecule has 0 aromatic heterocycles. The van der Waals surface area contributed by atoms with E-state index in [2.05, 4.69) is 5.32 Å². The Balaban J connectivity index is 2.21. The van der Waals surface area contributed by atoms with Gasteiger partial charge in [-0.05, 0) is 38.3 Å². The number of amides is 2. The first-order valence-corrected chi connectivity index (χ1v) is 6.88. The Bertz CT molecular complexity index is 574. The number of benzene rings is 1. The van der Waals surface area contributed by atoms with E-state index in [1.807, 2.05) is 0 Å². The van der Waals surface area contributed by atoms with Crippen LogP contribution >= 0.6 is 0 Å². The van der Waals surface area contributed by atoms with Crippen LogP contribution in [0.2, 0.25) is 0 Å². The molecule has 0 aliphatic carbocycles. The van der Waals surface area contributed by atoms with Crippen molar-refractivity contribution in [1.82, 2.24) is 4.90 Å². The van der Waals surface area contributed by atoms with E-state index >= 15 is 0 Å².